The Morgan fingerprint density at radius 3 is 3.05 bits per heavy atom. The molecule has 0 aliphatic heterocycles. The summed E-state index contributed by atoms with van der Waals surface area (Å²) in [6, 6.07) is 5.58. The Kier molecular flexibility index (Phi) is 3.76. The molecule has 0 saturated heterocycles. The fourth-order valence-electron chi connectivity index (χ4n) is 2.45. The molecule has 1 aromatic heterocycles. The number of hydrogen-bond donors (Lipinski definition) is 2. The van der Waals surface area contributed by atoms with Crippen LogP contribution >= 0.6 is 11.6 Å². The first-order valence-electron chi connectivity index (χ1n) is 7.03. The number of aromatic amines is 1. The van der Waals surface area contributed by atoms with E-state index in [9.17, 15) is 4.79 Å². The monoisotopic (exact) mass is 291 g/mol. The summed E-state index contributed by atoms with van der Waals surface area (Å²) < 4.78 is 0. The van der Waals surface area contributed by atoms with E-state index in [0.717, 1.165) is 5.92 Å². The summed E-state index contributed by atoms with van der Waals surface area (Å²) >= 11 is 5.95. The fraction of sp³-hybridized carbons (Fsp3) is 0.467. The number of H-pyrrole nitrogens is 1. The molecule has 1 heterocycles. The van der Waals surface area contributed by atoms with Crippen LogP contribution in [0.5, 0.6) is 0 Å². The standard InChI is InChI=1S/C15H18ClN3O/c1-9(6-10-2-3-10)17-8-14-18-13-7-11(16)4-5-12(13)15(20)19-14/h4-5,7,9-10,17H,2-3,6,8H2,1H3,(H,18,19,20). The molecule has 1 aromatic carbocycles. The smallest absolute Gasteiger partial charge is 0.258 e. The van der Waals surface area contributed by atoms with Crippen molar-refractivity contribution in [3.8, 4) is 0 Å². The van der Waals surface area contributed by atoms with Crippen LogP contribution in [0.4, 0.5) is 0 Å². The highest BCUT2D eigenvalue weighted by Gasteiger charge is 2.23. The van der Waals surface area contributed by atoms with Gasteiger partial charge in [-0.05, 0) is 37.5 Å². The summed E-state index contributed by atoms with van der Waals surface area (Å²) in [4.78, 5) is 19.3. The first-order chi connectivity index (χ1) is 9.61. The quantitative estimate of drug-likeness (QED) is 0.890. The van der Waals surface area contributed by atoms with E-state index in [0.29, 0.717) is 34.3 Å². The molecule has 3 rings (SSSR count). The minimum absolute atomic E-state index is 0.113. The van der Waals surface area contributed by atoms with Crippen molar-refractivity contribution in [2.24, 2.45) is 5.92 Å². The van der Waals surface area contributed by atoms with Crippen LogP contribution in [0.1, 0.15) is 32.0 Å². The largest absolute Gasteiger partial charge is 0.309 e. The van der Waals surface area contributed by atoms with Gasteiger partial charge in [-0.25, -0.2) is 4.98 Å². The zero-order valence-electron chi connectivity index (χ0n) is 11.4. The van der Waals surface area contributed by atoms with Crippen molar-refractivity contribution in [1.82, 2.24) is 15.3 Å². The topological polar surface area (TPSA) is 57.8 Å². The molecular weight excluding hydrogens is 274 g/mol. The normalized spacial score (nSPS) is 16.5. The lowest BCUT2D eigenvalue weighted by Crippen LogP contribution is -2.28. The molecule has 2 aromatic rings. The number of fused-ring (bicyclic) bond motifs is 1. The van der Waals surface area contributed by atoms with Gasteiger partial charge >= 0.3 is 0 Å². The molecule has 4 nitrogen and oxygen atoms in total. The second kappa shape index (κ2) is 5.54. The Bertz CT molecular complexity index is 678. The van der Waals surface area contributed by atoms with Crippen LogP contribution in [0.2, 0.25) is 5.02 Å². The summed E-state index contributed by atoms with van der Waals surface area (Å²) in [5, 5.41) is 4.58. The van der Waals surface area contributed by atoms with Crippen LogP contribution in [-0.2, 0) is 6.54 Å². The van der Waals surface area contributed by atoms with E-state index in [-0.39, 0.29) is 5.56 Å². The van der Waals surface area contributed by atoms with Gasteiger partial charge in [-0.3, -0.25) is 4.79 Å². The maximum absolute atomic E-state index is 12.0. The zero-order valence-corrected chi connectivity index (χ0v) is 12.2. The molecule has 20 heavy (non-hydrogen) atoms. The average molecular weight is 292 g/mol. The van der Waals surface area contributed by atoms with Crippen LogP contribution in [0, 0.1) is 5.92 Å². The number of rotatable bonds is 5. The van der Waals surface area contributed by atoms with E-state index in [4.69, 9.17) is 11.6 Å². The van der Waals surface area contributed by atoms with Gasteiger partial charge in [0.25, 0.3) is 5.56 Å². The van der Waals surface area contributed by atoms with Gasteiger partial charge in [0, 0.05) is 11.1 Å². The Hall–Kier alpha value is -1.39. The van der Waals surface area contributed by atoms with Crippen LogP contribution in [-0.4, -0.2) is 16.0 Å². The van der Waals surface area contributed by atoms with Crippen LogP contribution < -0.4 is 10.9 Å². The summed E-state index contributed by atoms with van der Waals surface area (Å²) in [6.07, 6.45) is 3.91. The summed E-state index contributed by atoms with van der Waals surface area (Å²) in [5.74, 6) is 1.55. The van der Waals surface area contributed by atoms with E-state index in [1.54, 1.807) is 18.2 Å². The van der Waals surface area contributed by atoms with E-state index in [1.807, 2.05) is 0 Å². The molecule has 1 saturated carbocycles. The van der Waals surface area contributed by atoms with E-state index in [2.05, 4.69) is 22.2 Å². The van der Waals surface area contributed by atoms with Gasteiger partial charge in [0.2, 0.25) is 0 Å². The molecule has 106 valence electrons. The van der Waals surface area contributed by atoms with Gasteiger partial charge < -0.3 is 10.3 Å². The summed E-state index contributed by atoms with van der Waals surface area (Å²) in [7, 11) is 0. The van der Waals surface area contributed by atoms with Gasteiger partial charge in [0.05, 0.1) is 17.4 Å². The molecule has 5 heteroatoms. The van der Waals surface area contributed by atoms with Gasteiger partial charge in [-0.15, -0.1) is 0 Å². The molecule has 1 atom stereocenters. The number of benzene rings is 1. The molecule has 0 amide bonds. The van der Waals surface area contributed by atoms with Crippen LogP contribution in [0.3, 0.4) is 0 Å². The predicted octanol–water partition coefficient (Wildman–Crippen LogP) is 2.85. The molecule has 1 aliphatic carbocycles. The number of hydrogen-bond acceptors (Lipinski definition) is 3. The van der Waals surface area contributed by atoms with Crippen molar-refractivity contribution in [3.63, 3.8) is 0 Å². The second-order valence-corrected chi connectivity index (χ2v) is 6.07. The summed E-state index contributed by atoms with van der Waals surface area (Å²) in [6.45, 7) is 2.75. The fourth-order valence-corrected chi connectivity index (χ4v) is 2.62. The lowest BCUT2D eigenvalue weighted by Gasteiger charge is -2.12. The zero-order chi connectivity index (χ0) is 14.1. The van der Waals surface area contributed by atoms with Gasteiger partial charge in [0.15, 0.2) is 0 Å². The highest BCUT2D eigenvalue weighted by atomic mass is 35.5. The second-order valence-electron chi connectivity index (χ2n) is 5.64. The Labute approximate surface area is 122 Å². The third-order valence-corrected chi connectivity index (χ3v) is 3.95. The van der Waals surface area contributed by atoms with Gasteiger partial charge in [-0.2, -0.15) is 0 Å². The number of nitrogens with one attached hydrogen (secondary N) is 2. The maximum atomic E-state index is 12.0. The average Bonchev–Trinajstić information content (AvgIpc) is 3.19. The van der Waals surface area contributed by atoms with Crippen molar-refractivity contribution in [3.05, 3.63) is 39.4 Å². The Balaban J connectivity index is 1.75. The van der Waals surface area contributed by atoms with E-state index >= 15 is 0 Å². The SMILES string of the molecule is CC(CC1CC1)NCc1nc2cc(Cl)ccc2c(=O)[nH]1. The number of aromatic nitrogens is 2. The van der Waals surface area contributed by atoms with Gasteiger partial charge in [-0.1, -0.05) is 24.4 Å². The Morgan fingerprint density at radius 1 is 1.50 bits per heavy atom. The lowest BCUT2D eigenvalue weighted by atomic mass is 10.1. The highest BCUT2D eigenvalue weighted by molar-refractivity contribution is 6.31. The van der Waals surface area contributed by atoms with E-state index < -0.39 is 0 Å². The van der Waals surface area contributed by atoms with Crippen molar-refractivity contribution in [2.45, 2.75) is 38.8 Å². The first-order valence-corrected chi connectivity index (χ1v) is 7.41. The van der Waals surface area contributed by atoms with Crippen molar-refractivity contribution >= 4 is 22.5 Å². The molecule has 0 radical (unpaired) electrons. The van der Waals surface area contributed by atoms with Gasteiger partial charge in [0.1, 0.15) is 5.82 Å². The molecule has 0 spiro atoms. The molecule has 2 N–H and O–H groups in total. The van der Waals surface area contributed by atoms with Crippen molar-refractivity contribution in [1.29, 1.82) is 0 Å². The Morgan fingerprint density at radius 2 is 2.30 bits per heavy atom. The molecule has 0 bridgehead atoms. The number of halogens is 1. The molecule has 1 unspecified atom stereocenters. The van der Waals surface area contributed by atoms with E-state index in [1.165, 1.54) is 19.3 Å². The molecule has 1 aliphatic rings. The molecule has 1 fully saturated rings. The minimum atomic E-state index is -0.113. The maximum Gasteiger partial charge on any atom is 0.258 e. The third-order valence-electron chi connectivity index (χ3n) is 3.72. The lowest BCUT2D eigenvalue weighted by molar-refractivity contribution is 0.480. The molecular formula is C15H18ClN3O. The highest BCUT2D eigenvalue weighted by Crippen LogP contribution is 2.33. The van der Waals surface area contributed by atoms with Crippen molar-refractivity contribution < 1.29 is 0 Å². The third kappa shape index (κ3) is 3.19. The summed E-state index contributed by atoms with van der Waals surface area (Å²) in [5.41, 5.74) is 0.534. The van der Waals surface area contributed by atoms with Crippen LogP contribution in [0.15, 0.2) is 23.0 Å². The van der Waals surface area contributed by atoms with Crippen LogP contribution in [0.25, 0.3) is 10.9 Å². The predicted molar refractivity (Wildman–Crippen MR) is 81.0 cm³/mol. The number of nitrogens with zero attached hydrogens (tertiary/aromatic N) is 1. The first kappa shape index (κ1) is 13.6. The minimum Gasteiger partial charge on any atom is -0.309 e. The van der Waals surface area contributed by atoms with Crippen molar-refractivity contribution in [2.75, 3.05) is 0 Å².